The molecule has 0 radical (unpaired) electrons. The van der Waals surface area contributed by atoms with Gasteiger partial charge in [-0.2, -0.15) is 0 Å². The van der Waals surface area contributed by atoms with Gasteiger partial charge in [0.15, 0.2) is 6.10 Å². The molecule has 0 spiro atoms. The topological polar surface area (TPSA) is 85.9 Å². The fourth-order valence-corrected chi connectivity index (χ4v) is 2.37. The Hall–Kier alpha value is -3.22. The summed E-state index contributed by atoms with van der Waals surface area (Å²) in [6.07, 6.45) is -0.788. The second kappa shape index (κ2) is 8.93. The highest BCUT2D eigenvalue weighted by Gasteiger charge is 2.18. The number of hydrogen-bond acceptors (Lipinski definition) is 5. The predicted octanol–water partition coefficient (Wildman–Crippen LogP) is 2.55. The molecule has 0 heterocycles. The van der Waals surface area contributed by atoms with E-state index < -0.39 is 17.9 Å². The normalized spacial score (nSPS) is 11.3. The number of carbonyl (C=O) groups excluding carboxylic acids is 2. The molecule has 0 aliphatic rings. The van der Waals surface area contributed by atoms with Crippen LogP contribution in [0.2, 0.25) is 0 Å². The standard InChI is InChI=1S/C20H24N2O5/c1-12-7-6-8-17(13(12)2)27-14(3)19(23)21-22-20(24)16-10-9-15(25-4)11-18(16)26-5/h6-11,14H,1-5H3,(H,21,23)(H,22,24)/t14-/m0/s1. The Morgan fingerprint density at radius 2 is 1.70 bits per heavy atom. The number of aryl methyl sites for hydroxylation is 1. The summed E-state index contributed by atoms with van der Waals surface area (Å²) in [5, 5.41) is 0. The molecule has 0 bridgehead atoms. The van der Waals surface area contributed by atoms with Crippen molar-refractivity contribution in [3.05, 3.63) is 53.1 Å². The third-order valence-electron chi connectivity index (χ3n) is 4.18. The van der Waals surface area contributed by atoms with Gasteiger partial charge in [-0.1, -0.05) is 12.1 Å². The highest BCUT2D eigenvalue weighted by molar-refractivity contribution is 5.98. The van der Waals surface area contributed by atoms with Crippen LogP contribution in [0.3, 0.4) is 0 Å². The molecule has 2 aromatic rings. The van der Waals surface area contributed by atoms with Crippen LogP contribution in [0.5, 0.6) is 17.2 Å². The Morgan fingerprint density at radius 3 is 2.37 bits per heavy atom. The molecule has 0 fully saturated rings. The number of carbonyl (C=O) groups is 2. The van der Waals surface area contributed by atoms with Crippen molar-refractivity contribution >= 4 is 11.8 Å². The van der Waals surface area contributed by atoms with Crippen molar-refractivity contribution in [2.24, 2.45) is 0 Å². The molecule has 0 aliphatic carbocycles. The van der Waals surface area contributed by atoms with Crippen molar-refractivity contribution in [3.8, 4) is 17.2 Å². The molecule has 144 valence electrons. The zero-order chi connectivity index (χ0) is 20.0. The minimum absolute atomic E-state index is 0.265. The molecule has 7 heteroatoms. The van der Waals surface area contributed by atoms with E-state index in [1.165, 1.54) is 14.2 Å². The summed E-state index contributed by atoms with van der Waals surface area (Å²) in [6.45, 7) is 5.50. The first-order valence-electron chi connectivity index (χ1n) is 8.42. The predicted molar refractivity (Wildman–Crippen MR) is 101 cm³/mol. The van der Waals surface area contributed by atoms with Gasteiger partial charge in [-0.3, -0.25) is 20.4 Å². The summed E-state index contributed by atoms with van der Waals surface area (Å²) in [5.74, 6) is 0.531. The SMILES string of the molecule is COc1ccc(C(=O)NNC(=O)[C@H](C)Oc2cccc(C)c2C)c(OC)c1. The lowest BCUT2D eigenvalue weighted by Crippen LogP contribution is -2.47. The van der Waals surface area contributed by atoms with Gasteiger partial charge in [0.1, 0.15) is 17.2 Å². The van der Waals surface area contributed by atoms with Crippen molar-refractivity contribution in [2.45, 2.75) is 26.9 Å². The molecule has 0 unspecified atom stereocenters. The lowest BCUT2D eigenvalue weighted by Gasteiger charge is -2.17. The van der Waals surface area contributed by atoms with Gasteiger partial charge < -0.3 is 14.2 Å². The zero-order valence-electron chi connectivity index (χ0n) is 16.1. The number of rotatable bonds is 6. The molecular weight excluding hydrogens is 348 g/mol. The van der Waals surface area contributed by atoms with Crippen LogP contribution >= 0.6 is 0 Å². The van der Waals surface area contributed by atoms with Gasteiger partial charge in [-0.25, -0.2) is 0 Å². The average molecular weight is 372 g/mol. The summed E-state index contributed by atoms with van der Waals surface area (Å²) < 4.78 is 16.0. The molecule has 1 atom stereocenters. The monoisotopic (exact) mass is 372 g/mol. The van der Waals surface area contributed by atoms with Crippen molar-refractivity contribution in [1.29, 1.82) is 0 Å². The Labute approximate surface area is 158 Å². The Kier molecular flexibility index (Phi) is 6.65. The van der Waals surface area contributed by atoms with Gasteiger partial charge >= 0.3 is 0 Å². The number of ether oxygens (including phenoxy) is 3. The Bertz CT molecular complexity index is 835. The maximum absolute atomic E-state index is 12.3. The van der Waals surface area contributed by atoms with E-state index in [-0.39, 0.29) is 5.56 Å². The summed E-state index contributed by atoms with van der Waals surface area (Å²) in [4.78, 5) is 24.6. The molecule has 0 saturated carbocycles. The first-order valence-corrected chi connectivity index (χ1v) is 8.42. The van der Waals surface area contributed by atoms with E-state index in [9.17, 15) is 9.59 Å². The summed E-state index contributed by atoms with van der Waals surface area (Å²) in [5.41, 5.74) is 7.03. The Balaban J connectivity index is 1.98. The van der Waals surface area contributed by atoms with Gasteiger partial charge in [-0.05, 0) is 50.1 Å². The molecule has 2 rings (SSSR count). The third-order valence-corrected chi connectivity index (χ3v) is 4.18. The lowest BCUT2D eigenvalue weighted by atomic mass is 10.1. The van der Waals surface area contributed by atoms with Crippen molar-refractivity contribution in [3.63, 3.8) is 0 Å². The van der Waals surface area contributed by atoms with E-state index in [2.05, 4.69) is 10.9 Å². The zero-order valence-corrected chi connectivity index (χ0v) is 16.1. The first-order chi connectivity index (χ1) is 12.9. The van der Waals surface area contributed by atoms with E-state index in [0.717, 1.165) is 11.1 Å². The highest BCUT2D eigenvalue weighted by Crippen LogP contribution is 2.24. The molecule has 2 amide bonds. The van der Waals surface area contributed by atoms with E-state index in [0.29, 0.717) is 17.2 Å². The minimum Gasteiger partial charge on any atom is -0.497 e. The minimum atomic E-state index is -0.788. The number of hydrogen-bond donors (Lipinski definition) is 2. The van der Waals surface area contributed by atoms with Crippen LogP contribution in [-0.2, 0) is 4.79 Å². The van der Waals surface area contributed by atoms with Crippen molar-refractivity contribution in [1.82, 2.24) is 10.9 Å². The molecule has 0 aliphatic heterocycles. The smallest absolute Gasteiger partial charge is 0.279 e. The summed E-state index contributed by atoms with van der Waals surface area (Å²) >= 11 is 0. The van der Waals surface area contributed by atoms with Crippen molar-refractivity contribution in [2.75, 3.05) is 14.2 Å². The molecule has 0 aromatic heterocycles. The molecule has 27 heavy (non-hydrogen) atoms. The fraction of sp³-hybridized carbons (Fsp3) is 0.300. The van der Waals surface area contributed by atoms with Gasteiger partial charge in [0.05, 0.1) is 19.8 Å². The first kappa shape index (κ1) is 20.1. The second-order valence-electron chi connectivity index (χ2n) is 5.97. The average Bonchev–Trinajstić information content (AvgIpc) is 2.68. The molecule has 0 saturated heterocycles. The molecule has 2 N–H and O–H groups in total. The number of methoxy groups -OCH3 is 2. The molecule has 7 nitrogen and oxygen atoms in total. The molecular formula is C20H24N2O5. The number of nitrogens with one attached hydrogen (secondary N) is 2. The fourth-order valence-electron chi connectivity index (χ4n) is 2.37. The Morgan fingerprint density at radius 1 is 0.963 bits per heavy atom. The van der Waals surface area contributed by atoms with Crippen LogP contribution < -0.4 is 25.1 Å². The van der Waals surface area contributed by atoms with Crippen LogP contribution in [0, 0.1) is 13.8 Å². The van der Waals surface area contributed by atoms with Crippen LogP contribution in [0.25, 0.3) is 0 Å². The highest BCUT2D eigenvalue weighted by atomic mass is 16.5. The largest absolute Gasteiger partial charge is 0.497 e. The quantitative estimate of drug-likeness (QED) is 0.761. The van der Waals surface area contributed by atoms with Crippen LogP contribution in [-0.4, -0.2) is 32.1 Å². The van der Waals surface area contributed by atoms with Crippen LogP contribution in [0.4, 0.5) is 0 Å². The number of hydrazine groups is 1. The van der Waals surface area contributed by atoms with Gasteiger partial charge in [-0.15, -0.1) is 0 Å². The summed E-state index contributed by atoms with van der Waals surface area (Å²) in [6, 6.07) is 10.4. The maximum atomic E-state index is 12.3. The van der Waals surface area contributed by atoms with E-state index >= 15 is 0 Å². The summed E-state index contributed by atoms with van der Waals surface area (Å²) in [7, 11) is 2.97. The van der Waals surface area contributed by atoms with Crippen molar-refractivity contribution < 1.29 is 23.8 Å². The van der Waals surface area contributed by atoms with E-state index in [4.69, 9.17) is 14.2 Å². The van der Waals surface area contributed by atoms with Crippen LogP contribution in [0.1, 0.15) is 28.4 Å². The van der Waals surface area contributed by atoms with Gasteiger partial charge in [0.2, 0.25) is 0 Å². The maximum Gasteiger partial charge on any atom is 0.279 e. The van der Waals surface area contributed by atoms with E-state index in [1.54, 1.807) is 31.2 Å². The second-order valence-corrected chi connectivity index (χ2v) is 5.97. The van der Waals surface area contributed by atoms with Gasteiger partial charge in [0, 0.05) is 6.07 Å². The lowest BCUT2D eigenvalue weighted by molar-refractivity contribution is -0.128. The van der Waals surface area contributed by atoms with Gasteiger partial charge in [0.25, 0.3) is 11.8 Å². The molecule has 2 aromatic carbocycles. The van der Waals surface area contributed by atoms with E-state index in [1.807, 2.05) is 26.0 Å². The number of benzene rings is 2. The van der Waals surface area contributed by atoms with Crippen LogP contribution in [0.15, 0.2) is 36.4 Å². The third kappa shape index (κ3) is 4.91. The number of amides is 2.